The molecule has 0 atom stereocenters. The highest BCUT2D eigenvalue weighted by Gasteiger charge is 2.20. The molecule has 0 saturated heterocycles. The molecule has 1 N–H and O–H groups in total. The number of hydrogen-bond acceptors (Lipinski definition) is 5. The maximum absolute atomic E-state index is 12.7. The fourth-order valence-corrected chi connectivity index (χ4v) is 3.71. The number of halogens is 1. The van der Waals surface area contributed by atoms with Crippen LogP contribution < -0.4 is 9.46 Å². The highest BCUT2D eigenvalue weighted by Crippen LogP contribution is 2.29. The molecule has 0 spiro atoms. The number of rotatable bonds is 8. The van der Waals surface area contributed by atoms with Crippen molar-refractivity contribution in [2.45, 2.75) is 25.2 Å². The Labute approximate surface area is 158 Å². The second-order valence-electron chi connectivity index (χ2n) is 5.31. The van der Waals surface area contributed by atoms with E-state index in [0.717, 1.165) is 5.56 Å². The lowest BCUT2D eigenvalue weighted by molar-refractivity contribution is -0.142. The predicted octanol–water partition coefficient (Wildman–Crippen LogP) is 3.65. The van der Waals surface area contributed by atoms with Crippen molar-refractivity contribution in [3.05, 3.63) is 53.1 Å². The summed E-state index contributed by atoms with van der Waals surface area (Å²) in [5.41, 5.74) is 1.09. The van der Waals surface area contributed by atoms with Gasteiger partial charge in [-0.25, -0.2) is 8.42 Å². The third kappa shape index (κ3) is 5.37. The summed E-state index contributed by atoms with van der Waals surface area (Å²) in [6.45, 7) is 4.15. The lowest BCUT2D eigenvalue weighted by atomic mass is 10.1. The minimum atomic E-state index is -3.88. The van der Waals surface area contributed by atoms with Gasteiger partial charge in [0.15, 0.2) is 0 Å². The van der Waals surface area contributed by atoms with Crippen LogP contribution in [-0.4, -0.2) is 27.6 Å². The first-order valence-electron chi connectivity index (χ1n) is 8.05. The molecule has 0 aromatic heterocycles. The second kappa shape index (κ2) is 8.91. The van der Waals surface area contributed by atoms with Gasteiger partial charge in [-0.1, -0.05) is 23.7 Å². The summed E-state index contributed by atoms with van der Waals surface area (Å²) in [4.78, 5) is 11.4. The molecule has 2 aromatic carbocycles. The van der Waals surface area contributed by atoms with Gasteiger partial charge in [-0.15, -0.1) is 0 Å². The molecule has 0 bridgehead atoms. The Morgan fingerprint density at radius 3 is 2.38 bits per heavy atom. The highest BCUT2D eigenvalue weighted by atomic mass is 35.5. The largest absolute Gasteiger partial charge is 0.492 e. The van der Waals surface area contributed by atoms with E-state index in [9.17, 15) is 13.2 Å². The van der Waals surface area contributed by atoms with Crippen molar-refractivity contribution in [1.29, 1.82) is 0 Å². The zero-order valence-corrected chi connectivity index (χ0v) is 16.1. The van der Waals surface area contributed by atoms with Gasteiger partial charge in [0.2, 0.25) is 0 Å². The molecular weight excluding hydrogens is 378 g/mol. The molecule has 0 saturated carbocycles. The van der Waals surface area contributed by atoms with Crippen LogP contribution in [0.25, 0.3) is 0 Å². The van der Waals surface area contributed by atoms with Crippen molar-refractivity contribution >= 4 is 33.3 Å². The number of esters is 1. The van der Waals surface area contributed by atoms with Crippen LogP contribution >= 0.6 is 11.6 Å². The molecule has 6 nitrogen and oxygen atoms in total. The van der Waals surface area contributed by atoms with Gasteiger partial charge < -0.3 is 9.47 Å². The van der Waals surface area contributed by atoms with Crippen LogP contribution in [0.2, 0.25) is 5.02 Å². The highest BCUT2D eigenvalue weighted by molar-refractivity contribution is 7.92. The van der Waals surface area contributed by atoms with Crippen molar-refractivity contribution in [2.75, 3.05) is 17.9 Å². The minimum absolute atomic E-state index is 0.0394. The Balaban J connectivity index is 2.19. The number of nitrogens with one attached hydrogen (secondary N) is 1. The fourth-order valence-electron chi connectivity index (χ4n) is 2.25. The van der Waals surface area contributed by atoms with E-state index < -0.39 is 10.0 Å². The molecule has 0 fully saturated rings. The summed E-state index contributed by atoms with van der Waals surface area (Å²) in [5.74, 6) is -0.107. The first kappa shape index (κ1) is 20.1. The van der Waals surface area contributed by atoms with Crippen LogP contribution in [0.15, 0.2) is 47.4 Å². The van der Waals surface area contributed by atoms with Crippen molar-refractivity contribution in [1.82, 2.24) is 0 Å². The van der Waals surface area contributed by atoms with Gasteiger partial charge in [0.25, 0.3) is 10.0 Å². The van der Waals surface area contributed by atoms with E-state index >= 15 is 0 Å². The molecule has 0 heterocycles. The maximum atomic E-state index is 12.7. The predicted molar refractivity (Wildman–Crippen MR) is 100 cm³/mol. The quantitative estimate of drug-likeness (QED) is 0.687. The second-order valence-corrected chi connectivity index (χ2v) is 7.40. The molecule has 26 heavy (non-hydrogen) atoms. The first-order valence-corrected chi connectivity index (χ1v) is 9.91. The number of sulfonamides is 1. The summed E-state index contributed by atoms with van der Waals surface area (Å²) in [6.07, 6.45) is 0.129. The topological polar surface area (TPSA) is 81.7 Å². The van der Waals surface area contributed by atoms with Gasteiger partial charge in [0.05, 0.1) is 19.6 Å². The van der Waals surface area contributed by atoms with E-state index in [1.165, 1.54) is 12.1 Å². The minimum Gasteiger partial charge on any atom is -0.492 e. The number of benzene rings is 2. The molecule has 140 valence electrons. The number of anilines is 1. The van der Waals surface area contributed by atoms with Crippen LogP contribution in [0.4, 0.5) is 5.69 Å². The number of carbonyl (C=O) groups excluding carboxylic acids is 1. The van der Waals surface area contributed by atoms with Crippen LogP contribution in [-0.2, 0) is 26.0 Å². The van der Waals surface area contributed by atoms with Gasteiger partial charge in [0, 0.05) is 10.7 Å². The van der Waals surface area contributed by atoms with Gasteiger partial charge in [-0.05, 0) is 49.7 Å². The molecule has 0 aliphatic rings. The Morgan fingerprint density at radius 2 is 1.77 bits per heavy atom. The maximum Gasteiger partial charge on any atom is 0.310 e. The van der Waals surface area contributed by atoms with Gasteiger partial charge in [0.1, 0.15) is 10.6 Å². The van der Waals surface area contributed by atoms with Gasteiger partial charge in [-0.3, -0.25) is 9.52 Å². The average molecular weight is 398 g/mol. The zero-order chi connectivity index (χ0) is 19.2. The van der Waals surface area contributed by atoms with Crippen molar-refractivity contribution in [2.24, 2.45) is 0 Å². The standard InChI is InChI=1S/C18H20ClNO5S/c1-3-24-16-10-7-14(19)12-17(16)26(22,23)20-15-8-5-13(6-9-15)11-18(21)25-4-2/h5-10,12,20H,3-4,11H2,1-2H3. The Hall–Kier alpha value is -2.25. The van der Waals surface area contributed by atoms with Gasteiger partial charge in [-0.2, -0.15) is 0 Å². The molecule has 0 aliphatic heterocycles. The lowest BCUT2D eigenvalue weighted by Gasteiger charge is -2.13. The van der Waals surface area contributed by atoms with Crippen molar-refractivity contribution in [3.63, 3.8) is 0 Å². The van der Waals surface area contributed by atoms with Gasteiger partial charge >= 0.3 is 5.97 Å². The van der Waals surface area contributed by atoms with Crippen molar-refractivity contribution < 1.29 is 22.7 Å². The SMILES string of the molecule is CCOC(=O)Cc1ccc(NS(=O)(=O)c2cc(Cl)ccc2OCC)cc1. The van der Waals surface area contributed by atoms with Crippen molar-refractivity contribution in [3.8, 4) is 5.75 Å². The number of carbonyl (C=O) groups is 1. The monoisotopic (exact) mass is 397 g/mol. The normalized spacial score (nSPS) is 11.0. The van der Waals surface area contributed by atoms with E-state index in [0.29, 0.717) is 23.9 Å². The molecule has 8 heteroatoms. The van der Waals surface area contributed by atoms with Crippen LogP contribution in [0, 0.1) is 0 Å². The number of hydrogen-bond donors (Lipinski definition) is 1. The smallest absolute Gasteiger partial charge is 0.310 e. The molecule has 0 amide bonds. The Kier molecular flexibility index (Phi) is 6.88. The van der Waals surface area contributed by atoms with E-state index in [1.807, 2.05) is 0 Å². The number of ether oxygens (including phenoxy) is 2. The van der Waals surface area contributed by atoms with E-state index in [2.05, 4.69) is 4.72 Å². The summed E-state index contributed by atoms with van der Waals surface area (Å²) >= 11 is 5.93. The van der Waals surface area contributed by atoms with Crippen LogP contribution in [0.1, 0.15) is 19.4 Å². The Bertz CT molecular complexity index is 866. The summed E-state index contributed by atoms with van der Waals surface area (Å²) in [6, 6.07) is 10.9. The summed E-state index contributed by atoms with van der Waals surface area (Å²) in [5, 5.41) is 0.290. The van der Waals surface area contributed by atoms with E-state index in [-0.39, 0.29) is 23.0 Å². The third-order valence-corrected chi connectivity index (χ3v) is 4.99. The molecule has 0 radical (unpaired) electrons. The molecule has 0 aliphatic carbocycles. The molecule has 2 rings (SSSR count). The van der Waals surface area contributed by atoms with E-state index in [1.54, 1.807) is 44.2 Å². The van der Waals surface area contributed by atoms with E-state index in [4.69, 9.17) is 21.1 Å². The zero-order valence-electron chi connectivity index (χ0n) is 14.5. The lowest BCUT2D eigenvalue weighted by Crippen LogP contribution is -2.14. The fraction of sp³-hybridized carbons (Fsp3) is 0.278. The summed E-state index contributed by atoms with van der Waals surface area (Å²) in [7, 11) is -3.88. The first-order chi connectivity index (χ1) is 12.4. The van der Waals surface area contributed by atoms with Crippen LogP contribution in [0.3, 0.4) is 0 Å². The third-order valence-electron chi connectivity index (χ3n) is 3.36. The van der Waals surface area contributed by atoms with Crippen LogP contribution in [0.5, 0.6) is 5.75 Å². The molecule has 2 aromatic rings. The summed E-state index contributed by atoms with van der Waals surface area (Å²) < 4.78 is 38.1. The average Bonchev–Trinajstić information content (AvgIpc) is 2.58. The Morgan fingerprint density at radius 1 is 1.08 bits per heavy atom. The molecular formula is C18H20ClNO5S. The molecule has 0 unspecified atom stereocenters.